The van der Waals surface area contributed by atoms with Crippen LogP contribution in [0.25, 0.3) is 0 Å². The van der Waals surface area contributed by atoms with Gasteiger partial charge < -0.3 is 5.32 Å². The molecule has 0 bridgehead atoms. The van der Waals surface area contributed by atoms with Crippen molar-refractivity contribution in [2.45, 2.75) is 33.2 Å². The van der Waals surface area contributed by atoms with Gasteiger partial charge in [0.15, 0.2) is 0 Å². The molecule has 0 aliphatic heterocycles. The SMILES string of the molecule is CCNC(Cc1cc(C)cc(C)c1)c1ccc(F)c(Br)c1. The quantitative estimate of drug-likeness (QED) is 0.791. The molecule has 21 heavy (non-hydrogen) atoms. The zero-order valence-electron chi connectivity index (χ0n) is 12.7. The second-order valence-electron chi connectivity index (χ2n) is 5.48. The highest BCUT2D eigenvalue weighted by Gasteiger charge is 2.13. The zero-order chi connectivity index (χ0) is 15.4. The van der Waals surface area contributed by atoms with E-state index < -0.39 is 0 Å². The molecule has 0 amide bonds. The Kier molecular flexibility index (Phi) is 5.54. The van der Waals surface area contributed by atoms with Crippen LogP contribution in [0.15, 0.2) is 40.9 Å². The molecule has 0 aromatic heterocycles. The third-order valence-electron chi connectivity index (χ3n) is 3.52. The normalized spacial score (nSPS) is 12.4. The summed E-state index contributed by atoms with van der Waals surface area (Å²) in [5, 5.41) is 3.49. The molecule has 0 aliphatic rings. The molecule has 3 heteroatoms. The molecule has 0 fully saturated rings. The summed E-state index contributed by atoms with van der Waals surface area (Å²) in [6.07, 6.45) is 0.897. The number of hydrogen-bond donors (Lipinski definition) is 1. The maximum Gasteiger partial charge on any atom is 0.137 e. The fourth-order valence-corrected chi connectivity index (χ4v) is 3.10. The van der Waals surface area contributed by atoms with Gasteiger partial charge in [0.1, 0.15) is 5.82 Å². The lowest BCUT2D eigenvalue weighted by atomic mass is 9.96. The molecule has 0 saturated carbocycles. The molecule has 2 rings (SSSR count). The van der Waals surface area contributed by atoms with Crippen LogP contribution in [0.4, 0.5) is 4.39 Å². The van der Waals surface area contributed by atoms with Crippen molar-refractivity contribution < 1.29 is 4.39 Å². The smallest absolute Gasteiger partial charge is 0.137 e. The van der Waals surface area contributed by atoms with Crippen LogP contribution >= 0.6 is 15.9 Å². The Bertz CT molecular complexity index is 604. The minimum Gasteiger partial charge on any atom is -0.310 e. The van der Waals surface area contributed by atoms with Crippen molar-refractivity contribution in [1.82, 2.24) is 5.32 Å². The van der Waals surface area contributed by atoms with Crippen LogP contribution in [0.2, 0.25) is 0 Å². The molecule has 2 aromatic carbocycles. The van der Waals surface area contributed by atoms with Gasteiger partial charge in [0.25, 0.3) is 0 Å². The van der Waals surface area contributed by atoms with Crippen LogP contribution in [0.5, 0.6) is 0 Å². The molecule has 0 heterocycles. The number of rotatable bonds is 5. The lowest BCUT2D eigenvalue weighted by molar-refractivity contribution is 0.546. The van der Waals surface area contributed by atoms with E-state index in [4.69, 9.17) is 0 Å². The van der Waals surface area contributed by atoms with Crippen molar-refractivity contribution in [1.29, 1.82) is 0 Å². The van der Waals surface area contributed by atoms with Gasteiger partial charge >= 0.3 is 0 Å². The van der Waals surface area contributed by atoms with Crippen LogP contribution in [-0.4, -0.2) is 6.54 Å². The van der Waals surface area contributed by atoms with E-state index >= 15 is 0 Å². The minimum absolute atomic E-state index is 0.188. The Balaban J connectivity index is 2.27. The van der Waals surface area contributed by atoms with Gasteiger partial charge in [-0.3, -0.25) is 0 Å². The summed E-state index contributed by atoms with van der Waals surface area (Å²) >= 11 is 3.27. The van der Waals surface area contributed by atoms with E-state index in [2.05, 4.69) is 60.2 Å². The van der Waals surface area contributed by atoms with Gasteiger partial charge in [-0.15, -0.1) is 0 Å². The maximum absolute atomic E-state index is 13.4. The van der Waals surface area contributed by atoms with Gasteiger partial charge in [-0.1, -0.05) is 42.3 Å². The summed E-state index contributed by atoms with van der Waals surface area (Å²) in [7, 11) is 0. The van der Waals surface area contributed by atoms with Gasteiger partial charge in [-0.25, -0.2) is 4.39 Å². The monoisotopic (exact) mass is 349 g/mol. The first-order chi connectivity index (χ1) is 9.99. The lowest BCUT2D eigenvalue weighted by Gasteiger charge is -2.19. The van der Waals surface area contributed by atoms with Gasteiger partial charge in [-0.05, 0) is 66.0 Å². The van der Waals surface area contributed by atoms with Gasteiger partial charge in [0, 0.05) is 6.04 Å². The summed E-state index contributed by atoms with van der Waals surface area (Å²) in [5.74, 6) is -0.222. The van der Waals surface area contributed by atoms with Crippen LogP contribution < -0.4 is 5.32 Å². The molecule has 0 spiro atoms. The van der Waals surface area contributed by atoms with E-state index in [1.54, 1.807) is 0 Å². The van der Waals surface area contributed by atoms with Crippen molar-refractivity contribution in [3.63, 3.8) is 0 Å². The molecule has 1 N–H and O–H groups in total. The van der Waals surface area contributed by atoms with Crippen molar-refractivity contribution >= 4 is 15.9 Å². The molecule has 1 atom stereocenters. The molecule has 112 valence electrons. The first-order valence-electron chi connectivity index (χ1n) is 7.25. The summed E-state index contributed by atoms with van der Waals surface area (Å²) in [4.78, 5) is 0. The molecule has 0 saturated heterocycles. The van der Waals surface area contributed by atoms with E-state index in [0.29, 0.717) is 4.47 Å². The average Bonchev–Trinajstić information content (AvgIpc) is 2.40. The first kappa shape index (κ1) is 16.2. The van der Waals surface area contributed by atoms with Crippen molar-refractivity contribution in [3.05, 3.63) is 68.9 Å². The Labute approximate surface area is 134 Å². The van der Waals surface area contributed by atoms with Crippen LogP contribution in [0.3, 0.4) is 0 Å². The van der Waals surface area contributed by atoms with Crippen molar-refractivity contribution in [2.24, 2.45) is 0 Å². The van der Waals surface area contributed by atoms with E-state index in [0.717, 1.165) is 18.5 Å². The molecule has 0 radical (unpaired) electrons. The van der Waals surface area contributed by atoms with Gasteiger partial charge in [-0.2, -0.15) is 0 Å². The second-order valence-corrected chi connectivity index (χ2v) is 6.34. The third-order valence-corrected chi connectivity index (χ3v) is 4.13. The number of nitrogens with one attached hydrogen (secondary N) is 1. The number of halogens is 2. The topological polar surface area (TPSA) is 12.0 Å². The molecule has 1 unspecified atom stereocenters. The molecule has 0 aliphatic carbocycles. The lowest BCUT2D eigenvalue weighted by Crippen LogP contribution is -2.23. The third kappa shape index (κ3) is 4.39. The summed E-state index contributed by atoms with van der Waals surface area (Å²) in [6, 6.07) is 12.0. The highest BCUT2D eigenvalue weighted by Crippen LogP contribution is 2.24. The largest absolute Gasteiger partial charge is 0.310 e. The van der Waals surface area contributed by atoms with Gasteiger partial charge in [0.05, 0.1) is 4.47 Å². The molecular formula is C18H21BrFN. The number of hydrogen-bond acceptors (Lipinski definition) is 1. The fourth-order valence-electron chi connectivity index (χ4n) is 2.71. The highest BCUT2D eigenvalue weighted by atomic mass is 79.9. The predicted octanol–water partition coefficient (Wildman–Crippen LogP) is 5.10. The summed E-state index contributed by atoms with van der Waals surface area (Å²) in [5.41, 5.74) is 4.96. The zero-order valence-corrected chi connectivity index (χ0v) is 14.3. The molecular weight excluding hydrogens is 329 g/mol. The second kappa shape index (κ2) is 7.19. The number of likely N-dealkylation sites (N-methyl/N-ethyl adjacent to an activating group) is 1. The Hall–Kier alpha value is -1.19. The fraction of sp³-hybridized carbons (Fsp3) is 0.333. The Morgan fingerprint density at radius 3 is 2.33 bits per heavy atom. The maximum atomic E-state index is 13.4. The van der Waals surface area contributed by atoms with E-state index in [9.17, 15) is 4.39 Å². The predicted molar refractivity (Wildman–Crippen MR) is 90.1 cm³/mol. The first-order valence-corrected chi connectivity index (χ1v) is 8.04. The van der Waals surface area contributed by atoms with Crippen molar-refractivity contribution in [3.8, 4) is 0 Å². The van der Waals surface area contributed by atoms with Crippen LogP contribution in [-0.2, 0) is 6.42 Å². The molecule has 1 nitrogen and oxygen atoms in total. The van der Waals surface area contributed by atoms with Crippen LogP contribution in [0.1, 0.15) is 35.2 Å². The number of aryl methyl sites for hydroxylation is 2. The number of benzene rings is 2. The van der Waals surface area contributed by atoms with Crippen molar-refractivity contribution in [2.75, 3.05) is 6.54 Å². The standard InChI is InChI=1S/C18H21BrFN/c1-4-21-18(15-5-6-17(20)16(19)11-15)10-14-8-12(2)7-13(3)9-14/h5-9,11,18,21H,4,10H2,1-3H3. The minimum atomic E-state index is -0.222. The molecule has 2 aromatic rings. The van der Waals surface area contributed by atoms with E-state index in [1.807, 2.05) is 12.1 Å². The van der Waals surface area contributed by atoms with Gasteiger partial charge in [0.2, 0.25) is 0 Å². The Morgan fingerprint density at radius 2 is 1.76 bits per heavy atom. The Morgan fingerprint density at radius 1 is 1.10 bits per heavy atom. The summed E-state index contributed by atoms with van der Waals surface area (Å²) < 4.78 is 13.9. The van der Waals surface area contributed by atoms with Crippen LogP contribution in [0, 0.1) is 19.7 Å². The highest BCUT2D eigenvalue weighted by molar-refractivity contribution is 9.10. The van der Waals surface area contributed by atoms with E-state index in [-0.39, 0.29) is 11.9 Å². The summed E-state index contributed by atoms with van der Waals surface area (Å²) in [6.45, 7) is 7.21. The van der Waals surface area contributed by atoms with E-state index in [1.165, 1.54) is 22.8 Å². The average molecular weight is 350 g/mol.